The van der Waals surface area contributed by atoms with E-state index in [2.05, 4.69) is 55.4 Å². The van der Waals surface area contributed by atoms with Crippen molar-refractivity contribution in [1.29, 1.82) is 0 Å². The van der Waals surface area contributed by atoms with Gasteiger partial charge in [-0.05, 0) is 84.3 Å². The molecule has 160 valence electrons. The van der Waals surface area contributed by atoms with Crippen LogP contribution in [0.4, 0.5) is 0 Å². The van der Waals surface area contributed by atoms with Gasteiger partial charge in [-0.2, -0.15) is 0 Å². The zero-order valence-electron chi connectivity index (χ0n) is 18.4. The van der Waals surface area contributed by atoms with E-state index in [9.17, 15) is 0 Å². The van der Waals surface area contributed by atoms with Gasteiger partial charge in [0.1, 0.15) is 0 Å². The van der Waals surface area contributed by atoms with Crippen LogP contribution in [0.25, 0.3) is 0 Å². The maximum Gasteiger partial charge on any atom is 1.00 e. The molecule has 2 aliphatic heterocycles. The first-order chi connectivity index (χ1) is 11.2. The second-order valence-corrected chi connectivity index (χ2v) is 15.5. The molecule has 0 aliphatic carbocycles. The topological polar surface area (TPSA) is 0 Å². The van der Waals surface area contributed by atoms with Crippen molar-refractivity contribution in [3.63, 3.8) is 0 Å². The Morgan fingerprint density at radius 3 is 0.885 bits per heavy atom. The molecular formula is C22H44AuClP2. The molecule has 2 heterocycles. The summed E-state index contributed by atoms with van der Waals surface area (Å²) >= 11 is 0. The predicted molar refractivity (Wildman–Crippen MR) is 117 cm³/mol. The normalized spacial score (nSPS) is 34.6. The van der Waals surface area contributed by atoms with Crippen molar-refractivity contribution in [3.05, 3.63) is 0 Å². The molecular weight excluding hydrogens is 559 g/mol. The first-order valence-electron chi connectivity index (χ1n) is 10.8. The summed E-state index contributed by atoms with van der Waals surface area (Å²) in [6, 6.07) is 0. The minimum Gasteiger partial charge on any atom is -1.00 e. The van der Waals surface area contributed by atoms with Crippen molar-refractivity contribution in [1.82, 2.24) is 0 Å². The molecule has 0 saturated carbocycles. The molecule has 0 N–H and O–H groups in total. The molecule has 2 fully saturated rings. The fraction of sp³-hybridized carbons (Fsp3) is 1.00. The van der Waals surface area contributed by atoms with Crippen molar-refractivity contribution in [2.45, 2.75) is 104 Å². The Kier molecular flexibility index (Phi) is 13.5. The van der Waals surface area contributed by atoms with Crippen molar-refractivity contribution >= 4 is 15.8 Å². The summed E-state index contributed by atoms with van der Waals surface area (Å²) < 4.78 is 0. The van der Waals surface area contributed by atoms with Crippen molar-refractivity contribution in [2.24, 2.45) is 23.7 Å². The van der Waals surface area contributed by atoms with Gasteiger partial charge >= 0.3 is 22.4 Å². The minimum absolute atomic E-state index is 0. The second-order valence-electron chi connectivity index (χ2n) is 9.88. The van der Waals surface area contributed by atoms with Crippen molar-refractivity contribution in [3.8, 4) is 0 Å². The molecule has 2 aliphatic rings. The van der Waals surface area contributed by atoms with Crippen LogP contribution in [0, 0.1) is 23.7 Å². The van der Waals surface area contributed by atoms with E-state index in [4.69, 9.17) is 0 Å². The summed E-state index contributed by atoms with van der Waals surface area (Å²) in [5.41, 5.74) is 4.28. The van der Waals surface area contributed by atoms with Gasteiger partial charge in [0, 0.05) is 0 Å². The van der Waals surface area contributed by atoms with Gasteiger partial charge < -0.3 is 12.4 Å². The van der Waals surface area contributed by atoms with Gasteiger partial charge in [-0.25, -0.2) is 0 Å². The minimum atomic E-state index is 0. The molecule has 0 spiro atoms. The fourth-order valence-electron chi connectivity index (χ4n) is 5.60. The van der Waals surface area contributed by atoms with E-state index in [1.807, 2.05) is 0 Å². The molecule has 0 aromatic heterocycles. The number of halogens is 1. The van der Waals surface area contributed by atoms with Gasteiger partial charge in [-0.15, -0.1) is 0 Å². The number of rotatable bonds is 7. The largest absolute Gasteiger partial charge is 1.00 e. The molecule has 26 heavy (non-hydrogen) atoms. The summed E-state index contributed by atoms with van der Waals surface area (Å²) in [4.78, 5) is 0. The average Bonchev–Trinajstić information content (AvgIpc) is 3.08. The summed E-state index contributed by atoms with van der Waals surface area (Å²) in [6.45, 7) is 20.0. The van der Waals surface area contributed by atoms with E-state index in [0.717, 1.165) is 46.3 Å². The molecule has 4 atom stereocenters. The van der Waals surface area contributed by atoms with Crippen molar-refractivity contribution in [2.75, 3.05) is 12.3 Å². The van der Waals surface area contributed by atoms with Crippen LogP contribution in [0.15, 0.2) is 0 Å². The van der Waals surface area contributed by atoms with Crippen LogP contribution >= 0.6 is 15.8 Å². The third-order valence-electron chi connectivity index (χ3n) is 6.91. The third-order valence-corrected chi connectivity index (χ3v) is 15.6. The Bertz CT molecular complexity index is 318. The predicted octanol–water partition coefficient (Wildman–Crippen LogP) is 4.64. The molecule has 4 heteroatoms. The Hall–Kier alpha value is 1.89. The maximum atomic E-state index is 2.50. The summed E-state index contributed by atoms with van der Waals surface area (Å²) in [6.07, 6.45) is 9.35. The van der Waals surface area contributed by atoms with Gasteiger partial charge in [0.25, 0.3) is 0 Å². The average molecular weight is 603 g/mol. The van der Waals surface area contributed by atoms with Crippen LogP contribution in [0.5, 0.6) is 0 Å². The molecule has 0 bridgehead atoms. The standard InChI is InChI=1S/C22H44P2.Au.ClH/c1-15(2)19-9-10-20(16(3)4)23(19)13-14-24-21(17(5)6)11-12-22(24)18(7)8;;/h15-22H,9-14H2,1-8H3;;1H/q;+1;/p-1. The van der Waals surface area contributed by atoms with E-state index < -0.39 is 0 Å². The van der Waals surface area contributed by atoms with Gasteiger partial charge in [-0.3, -0.25) is 0 Å². The first kappa shape index (κ1) is 27.9. The molecule has 0 aromatic carbocycles. The van der Waals surface area contributed by atoms with Gasteiger partial charge in [0.15, 0.2) is 0 Å². The van der Waals surface area contributed by atoms with E-state index in [0.29, 0.717) is 0 Å². The quantitative estimate of drug-likeness (QED) is 0.294. The van der Waals surface area contributed by atoms with Gasteiger partial charge in [0.2, 0.25) is 0 Å². The van der Waals surface area contributed by atoms with Gasteiger partial charge in [0.05, 0.1) is 0 Å². The fourth-order valence-corrected chi connectivity index (χ4v) is 14.7. The Morgan fingerprint density at radius 2 is 0.731 bits per heavy atom. The van der Waals surface area contributed by atoms with Crippen molar-refractivity contribution < 1.29 is 34.8 Å². The smallest absolute Gasteiger partial charge is 1.00 e. The molecule has 2 saturated heterocycles. The SMILES string of the molecule is CC(C)C1CCC(C(C)C)P1CCP1C(C(C)C)CCC1C(C)C.[Au+].[Cl-]. The summed E-state index contributed by atoms with van der Waals surface area (Å²) in [5.74, 6) is 3.66. The zero-order chi connectivity index (χ0) is 18.0. The molecule has 0 radical (unpaired) electrons. The molecule has 0 nitrogen and oxygen atoms in total. The molecule has 0 aromatic rings. The summed E-state index contributed by atoms with van der Waals surface area (Å²) in [5, 5.41) is 0. The third kappa shape index (κ3) is 6.71. The molecule has 0 amide bonds. The van der Waals surface area contributed by atoms with E-state index >= 15 is 0 Å². The molecule has 2 rings (SSSR count). The summed E-state index contributed by atoms with van der Waals surface area (Å²) in [7, 11) is 0.545. The van der Waals surface area contributed by atoms with Crippen LogP contribution < -0.4 is 12.4 Å². The van der Waals surface area contributed by atoms with Crippen LogP contribution in [-0.4, -0.2) is 35.0 Å². The maximum absolute atomic E-state index is 2.50. The molecule has 4 unspecified atom stereocenters. The van der Waals surface area contributed by atoms with E-state index in [1.54, 1.807) is 12.3 Å². The number of hydrogen-bond donors (Lipinski definition) is 0. The first-order valence-corrected chi connectivity index (χ1v) is 14.1. The van der Waals surface area contributed by atoms with Crippen LogP contribution in [-0.2, 0) is 22.4 Å². The Morgan fingerprint density at radius 1 is 0.538 bits per heavy atom. The van der Waals surface area contributed by atoms with Crippen LogP contribution in [0.2, 0.25) is 0 Å². The second kappa shape index (κ2) is 12.6. The Labute approximate surface area is 189 Å². The Balaban J connectivity index is 0.00000312. The van der Waals surface area contributed by atoms with E-state index in [-0.39, 0.29) is 50.6 Å². The zero-order valence-corrected chi connectivity index (χ0v) is 23.1. The van der Waals surface area contributed by atoms with E-state index in [1.165, 1.54) is 25.7 Å². The van der Waals surface area contributed by atoms with Crippen LogP contribution in [0.1, 0.15) is 81.1 Å². The number of hydrogen-bond acceptors (Lipinski definition) is 0. The van der Waals surface area contributed by atoms with Gasteiger partial charge in [-0.1, -0.05) is 71.2 Å². The van der Waals surface area contributed by atoms with Crippen LogP contribution in [0.3, 0.4) is 0 Å². The monoisotopic (exact) mass is 602 g/mol.